The van der Waals surface area contributed by atoms with Crippen LogP contribution in [-0.4, -0.2) is 67.0 Å². The van der Waals surface area contributed by atoms with Crippen LogP contribution in [0.4, 0.5) is 26.3 Å². The molecule has 19 heteroatoms. The number of aromatic carboxylic acids is 1. The maximum Gasteiger partial charge on any atom is 0.416 e. The minimum Gasteiger partial charge on any atom is -0.478 e. The summed E-state index contributed by atoms with van der Waals surface area (Å²) in [6.45, 7) is 4.49. The van der Waals surface area contributed by atoms with Gasteiger partial charge in [0.25, 0.3) is 5.91 Å². The largest absolute Gasteiger partial charge is 0.478 e. The Bertz CT molecular complexity index is 2900. The molecule has 4 aliphatic carbocycles. The highest BCUT2D eigenvalue weighted by Gasteiger charge is 2.55. The molecule has 2 spiro atoms. The van der Waals surface area contributed by atoms with Crippen molar-refractivity contribution in [2.24, 2.45) is 28.4 Å². The first-order chi connectivity index (χ1) is 33.7. The molecule has 0 radical (unpaired) electrons. The van der Waals surface area contributed by atoms with Crippen LogP contribution in [-0.2, 0) is 44.3 Å². The van der Waals surface area contributed by atoms with E-state index in [1.807, 2.05) is 0 Å². The van der Waals surface area contributed by atoms with Crippen molar-refractivity contribution in [2.45, 2.75) is 116 Å². The van der Waals surface area contributed by atoms with Crippen LogP contribution in [0.3, 0.4) is 0 Å². The van der Waals surface area contributed by atoms with Gasteiger partial charge in [0.05, 0.1) is 52.6 Å². The molecule has 4 N–H and O–H groups in total. The number of benzene rings is 2. The number of nitrogens with zero attached hydrogens (tertiary/aromatic N) is 4. The molecule has 4 aromatic heterocycles. The summed E-state index contributed by atoms with van der Waals surface area (Å²) in [6, 6.07) is 17.7. The summed E-state index contributed by atoms with van der Waals surface area (Å²) in [5.41, 5.74) is 8.86. The molecule has 1 amide bonds. The summed E-state index contributed by atoms with van der Waals surface area (Å²) in [7, 11) is 0. The third-order valence-electron chi connectivity index (χ3n) is 14.1. The van der Waals surface area contributed by atoms with E-state index in [1.54, 1.807) is 60.2 Å². The third-order valence-corrected chi connectivity index (χ3v) is 14.1. The lowest BCUT2D eigenvalue weighted by Gasteiger charge is -2.57. The maximum atomic E-state index is 13.1. The van der Waals surface area contributed by atoms with E-state index in [1.165, 1.54) is 61.1 Å². The average molecular weight is 1010 g/mol. The number of hydrogen-bond donors (Lipinski definition) is 3. The van der Waals surface area contributed by atoms with Gasteiger partial charge in [-0.05, 0) is 134 Å². The van der Waals surface area contributed by atoms with Crippen LogP contribution in [0.25, 0.3) is 11.0 Å². The first-order valence-electron chi connectivity index (χ1n) is 23.4. The molecule has 0 saturated heterocycles. The van der Waals surface area contributed by atoms with Crippen LogP contribution in [0.15, 0.2) is 97.6 Å². The molecule has 2 aromatic carbocycles. The summed E-state index contributed by atoms with van der Waals surface area (Å²) >= 11 is 0. The second-order valence-corrected chi connectivity index (χ2v) is 19.2. The lowest BCUT2D eigenvalue weighted by Crippen LogP contribution is -2.57. The zero-order chi connectivity index (χ0) is 51.3. The van der Waals surface area contributed by atoms with Gasteiger partial charge in [0.1, 0.15) is 5.56 Å². The van der Waals surface area contributed by atoms with Gasteiger partial charge in [-0.3, -0.25) is 9.59 Å². The number of pyridine rings is 2. The second-order valence-electron chi connectivity index (χ2n) is 19.2. The predicted octanol–water partition coefficient (Wildman–Crippen LogP) is 10.4. The van der Waals surface area contributed by atoms with Gasteiger partial charge in [-0.25, -0.2) is 13.8 Å². The lowest BCUT2D eigenvalue weighted by atomic mass is 9.50. The van der Waals surface area contributed by atoms with Crippen molar-refractivity contribution in [3.8, 4) is 0 Å². The molecule has 10 rings (SSSR count). The fourth-order valence-electron chi connectivity index (χ4n) is 10.9. The number of amides is 1. The lowest BCUT2D eigenvalue weighted by molar-refractivity contribution is -0.191. The smallest absolute Gasteiger partial charge is 0.416 e. The van der Waals surface area contributed by atoms with Gasteiger partial charge in [0.15, 0.2) is 0 Å². The number of carboxylic acid groups (broad SMARTS) is 1. The standard InChI is InChI=1S/C26H26F3N3O3.C16H11F3N2O2.C9H17N.CO2.CH4/c1-2-35-24(34)18-11-25(12-18)13-20(14-25)31-23(33)21-15-30-32-8-4-6-17(22(21)32)9-16-5-3-7-19(10-16)26(27,28)29;17-16(18,19)12-5-1-3-10(8-12)7-11-4-2-6-21-14(11)13(9-20-21)15(22)23;1-2-7-3-9(4-7)5-8(10)6-9;2-1-3;/h3-8,10,15,18,20H,2,9,11-14H2,1H3,(H,31,33);1-6,8-9H,7H2,(H,22,23);7-8H,2-6,10H2,1H3;;1H4. The van der Waals surface area contributed by atoms with Gasteiger partial charge >= 0.3 is 30.4 Å². The van der Waals surface area contributed by atoms with E-state index in [2.05, 4.69) is 22.4 Å². The van der Waals surface area contributed by atoms with Gasteiger partial charge in [-0.2, -0.15) is 46.1 Å². The number of nitrogens with two attached hydrogens (primary N) is 1. The number of hydrogen-bond acceptors (Lipinski definition) is 9. The van der Waals surface area contributed by atoms with Crippen LogP contribution < -0.4 is 11.1 Å². The fraction of sp³-hybridized carbons (Fsp3) is 0.434. The number of rotatable bonds is 10. The Labute approximate surface area is 412 Å². The van der Waals surface area contributed by atoms with Crippen molar-refractivity contribution in [2.75, 3.05) is 6.61 Å². The quantitative estimate of drug-likeness (QED) is 0.0880. The number of halogens is 6. The van der Waals surface area contributed by atoms with Gasteiger partial charge in [0.2, 0.25) is 0 Å². The molecule has 4 heterocycles. The zero-order valence-corrected chi connectivity index (χ0v) is 39.1. The molecule has 6 aromatic rings. The average Bonchev–Trinajstić information content (AvgIpc) is 3.92. The van der Waals surface area contributed by atoms with Crippen molar-refractivity contribution in [3.63, 3.8) is 0 Å². The number of carbonyl (C=O) groups excluding carboxylic acids is 4. The highest BCUT2D eigenvalue weighted by molar-refractivity contribution is 6.01. The SMILES string of the molecule is C.CCC1CC2(CC(N)C2)C1.CCOC(=O)C1CC2(CC(NC(=O)c3cnn4cccc(Cc5cccc(C(F)(F)F)c5)c34)C2)C1.O=C(O)c1cnn2cccc(Cc3cccc(C(F)(F)F)c3)c12.O=C=O. The van der Waals surface area contributed by atoms with Gasteiger partial charge < -0.3 is 20.9 Å². The van der Waals surface area contributed by atoms with E-state index in [-0.39, 0.29) is 61.2 Å². The molecule has 4 fully saturated rings. The monoisotopic (exact) mass is 1000 g/mol. The summed E-state index contributed by atoms with van der Waals surface area (Å²) in [5.74, 6) is -0.503. The molecule has 0 atom stereocenters. The first-order valence-corrected chi connectivity index (χ1v) is 23.4. The highest BCUT2D eigenvalue weighted by Crippen LogP contribution is 2.60. The van der Waals surface area contributed by atoms with E-state index >= 15 is 0 Å². The number of carbonyl (C=O) groups is 3. The number of alkyl halides is 6. The second kappa shape index (κ2) is 22.3. The normalized spacial score (nSPS) is 22.6. The summed E-state index contributed by atoms with van der Waals surface area (Å²) < 4.78 is 85.8. The van der Waals surface area contributed by atoms with Crippen molar-refractivity contribution in [1.82, 2.24) is 24.5 Å². The van der Waals surface area contributed by atoms with E-state index in [4.69, 9.17) is 20.1 Å². The van der Waals surface area contributed by atoms with Crippen LogP contribution >= 0.6 is 0 Å². The van der Waals surface area contributed by atoms with Gasteiger partial charge in [-0.15, -0.1) is 0 Å². The minimum absolute atomic E-state index is 0. The Morgan fingerprint density at radius 2 is 1.21 bits per heavy atom. The van der Waals surface area contributed by atoms with Crippen molar-refractivity contribution < 1.29 is 60.2 Å². The van der Waals surface area contributed by atoms with Gasteiger partial charge in [0, 0.05) is 24.5 Å². The molecular weight excluding hydrogens is 947 g/mol. The minimum atomic E-state index is -4.42. The number of esters is 1. The topological polar surface area (TPSA) is 187 Å². The number of nitrogens with one attached hydrogen (secondary N) is 1. The number of carboxylic acids is 1. The Morgan fingerprint density at radius 3 is 1.65 bits per heavy atom. The van der Waals surface area contributed by atoms with E-state index < -0.39 is 29.4 Å². The summed E-state index contributed by atoms with van der Waals surface area (Å²) in [4.78, 5) is 52.5. The summed E-state index contributed by atoms with van der Waals surface area (Å²) in [5, 5.41) is 20.5. The Morgan fingerprint density at radius 1 is 0.736 bits per heavy atom. The third kappa shape index (κ3) is 12.4. The molecular formula is C53H58F6N6O7. The predicted molar refractivity (Wildman–Crippen MR) is 253 cm³/mol. The van der Waals surface area contributed by atoms with Gasteiger partial charge in [-0.1, -0.05) is 69.3 Å². The Hall–Kier alpha value is -6.85. The number of ether oxygens (including phenoxy) is 1. The Kier molecular flexibility index (Phi) is 16.9. The zero-order valence-electron chi connectivity index (χ0n) is 39.1. The molecule has 384 valence electrons. The molecule has 72 heavy (non-hydrogen) atoms. The van der Waals surface area contributed by atoms with E-state index in [9.17, 15) is 45.8 Å². The van der Waals surface area contributed by atoms with Crippen LogP contribution in [0.1, 0.15) is 133 Å². The molecule has 4 saturated carbocycles. The van der Waals surface area contributed by atoms with Crippen molar-refractivity contribution >= 4 is 35.0 Å². The molecule has 0 unspecified atom stereocenters. The molecule has 4 aliphatic rings. The molecule has 0 aliphatic heterocycles. The number of fused-ring (bicyclic) bond motifs is 2. The van der Waals surface area contributed by atoms with Crippen LogP contribution in [0.5, 0.6) is 0 Å². The van der Waals surface area contributed by atoms with Crippen LogP contribution in [0, 0.1) is 22.7 Å². The van der Waals surface area contributed by atoms with E-state index in [0.29, 0.717) is 45.9 Å². The summed E-state index contributed by atoms with van der Waals surface area (Å²) in [6.07, 6.45) is 8.12. The van der Waals surface area contributed by atoms with Crippen molar-refractivity contribution in [3.05, 3.63) is 142 Å². The molecule has 13 nitrogen and oxygen atoms in total. The first kappa shape index (κ1) is 54.5. The van der Waals surface area contributed by atoms with E-state index in [0.717, 1.165) is 66.8 Å². The number of aromatic nitrogens is 4. The molecule has 0 bridgehead atoms. The highest BCUT2D eigenvalue weighted by atomic mass is 19.4. The fourth-order valence-corrected chi connectivity index (χ4v) is 10.9. The van der Waals surface area contributed by atoms with Crippen LogP contribution in [0.2, 0.25) is 0 Å². The Balaban J connectivity index is 0.000000195. The maximum absolute atomic E-state index is 13.1. The van der Waals surface area contributed by atoms with Crippen molar-refractivity contribution in [1.29, 1.82) is 0 Å².